The lowest BCUT2D eigenvalue weighted by atomic mass is 10.2. The van der Waals surface area contributed by atoms with Gasteiger partial charge in [0, 0.05) is 12.2 Å². The van der Waals surface area contributed by atoms with Gasteiger partial charge in [0.2, 0.25) is 5.76 Å². The topological polar surface area (TPSA) is 105 Å². The molecule has 1 aliphatic heterocycles. The molecule has 4 rings (SSSR count). The monoisotopic (exact) mass is 484 g/mol. The molecule has 0 unspecified atom stereocenters. The number of rotatable bonds is 8. The number of esters is 4. The van der Waals surface area contributed by atoms with E-state index in [4.69, 9.17) is 18.9 Å². The van der Waals surface area contributed by atoms with Crippen molar-refractivity contribution in [3.63, 3.8) is 0 Å². The summed E-state index contributed by atoms with van der Waals surface area (Å²) in [5.41, 5.74) is 0.860. The van der Waals surface area contributed by atoms with Crippen LogP contribution in [0.5, 0.6) is 0 Å². The Kier molecular flexibility index (Phi) is 7.67. The minimum Gasteiger partial charge on any atom is -0.458 e. The van der Waals surface area contributed by atoms with E-state index >= 15 is 0 Å². The molecule has 36 heavy (non-hydrogen) atoms. The van der Waals surface area contributed by atoms with Crippen LogP contribution in [0.25, 0.3) is 0 Å². The average molecular weight is 484 g/mol. The van der Waals surface area contributed by atoms with E-state index in [0.29, 0.717) is 5.56 Å². The second kappa shape index (κ2) is 11.4. The third-order valence-corrected chi connectivity index (χ3v) is 4.90. The molecular formula is C28H20O8. The molecule has 3 aromatic carbocycles. The Bertz CT molecular complexity index is 1310. The van der Waals surface area contributed by atoms with Gasteiger partial charge in [0.1, 0.15) is 12.4 Å². The summed E-state index contributed by atoms with van der Waals surface area (Å²) in [4.78, 5) is 49.5. The third kappa shape index (κ3) is 6.32. The Morgan fingerprint density at radius 2 is 1.22 bits per heavy atom. The Morgan fingerprint density at radius 3 is 1.78 bits per heavy atom. The Hall–Kier alpha value is -4.98. The van der Waals surface area contributed by atoms with Gasteiger partial charge in [-0.15, -0.1) is 0 Å². The lowest BCUT2D eigenvalue weighted by molar-refractivity contribution is -0.136. The smallest absolute Gasteiger partial charge is 0.379 e. The van der Waals surface area contributed by atoms with Crippen molar-refractivity contribution in [2.24, 2.45) is 0 Å². The summed E-state index contributed by atoms with van der Waals surface area (Å²) in [5, 5.41) is 0. The summed E-state index contributed by atoms with van der Waals surface area (Å²) in [5.74, 6) is -3.27. The van der Waals surface area contributed by atoms with E-state index in [0.717, 1.165) is 0 Å². The van der Waals surface area contributed by atoms with Crippen LogP contribution in [0.1, 0.15) is 31.1 Å². The molecule has 0 N–H and O–H groups in total. The van der Waals surface area contributed by atoms with Crippen LogP contribution in [-0.4, -0.2) is 36.6 Å². The van der Waals surface area contributed by atoms with Gasteiger partial charge in [-0.3, -0.25) is 0 Å². The predicted molar refractivity (Wildman–Crippen MR) is 126 cm³/mol. The van der Waals surface area contributed by atoms with Crippen LogP contribution in [0.15, 0.2) is 115 Å². The lowest BCUT2D eigenvalue weighted by Crippen LogP contribution is -2.24. The maximum Gasteiger partial charge on any atom is 0.379 e. The van der Waals surface area contributed by atoms with E-state index < -0.39 is 30.0 Å². The predicted octanol–water partition coefficient (Wildman–Crippen LogP) is 4.25. The molecule has 8 heteroatoms. The van der Waals surface area contributed by atoms with Gasteiger partial charge in [-0.2, -0.15) is 0 Å². The van der Waals surface area contributed by atoms with E-state index in [-0.39, 0.29) is 29.3 Å². The summed E-state index contributed by atoms with van der Waals surface area (Å²) in [6.45, 7) is -0.347. The molecule has 8 nitrogen and oxygen atoms in total. The van der Waals surface area contributed by atoms with Gasteiger partial charge in [-0.05, 0) is 36.4 Å². The third-order valence-electron chi connectivity index (χ3n) is 4.90. The number of hydrogen-bond acceptors (Lipinski definition) is 8. The highest BCUT2D eigenvalue weighted by molar-refractivity contribution is 5.97. The number of cyclic esters (lactones) is 1. The average Bonchev–Trinajstić information content (AvgIpc) is 3.26. The van der Waals surface area contributed by atoms with Crippen molar-refractivity contribution < 1.29 is 38.1 Å². The van der Waals surface area contributed by atoms with Crippen molar-refractivity contribution in [2.45, 2.75) is 6.10 Å². The molecule has 0 bridgehead atoms. The van der Waals surface area contributed by atoms with Crippen molar-refractivity contribution in [2.75, 3.05) is 6.61 Å². The first-order valence-corrected chi connectivity index (χ1v) is 10.9. The molecular weight excluding hydrogens is 464 g/mol. The first kappa shape index (κ1) is 24.2. The number of allylic oxidation sites excluding steroid dienone is 1. The van der Waals surface area contributed by atoms with Crippen LogP contribution in [0.2, 0.25) is 0 Å². The summed E-state index contributed by atoms with van der Waals surface area (Å²) in [6.07, 6.45) is 1.39. The van der Waals surface area contributed by atoms with E-state index in [1.807, 2.05) is 0 Å². The largest absolute Gasteiger partial charge is 0.458 e. The van der Waals surface area contributed by atoms with E-state index in [1.54, 1.807) is 91.0 Å². The second-order valence-corrected chi connectivity index (χ2v) is 7.50. The van der Waals surface area contributed by atoms with Crippen LogP contribution >= 0.6 is 0 Å². The number of benzene rings is 3. The molecule has 1 aliphatic rings. The number of hydrogen-bond donors (Lipinski definition) is 0. The molecule has 0 spiro atoms. The highest BCUT2D eigenvalue weighted by atomic mass is 16.6. The highest BCUT2D eigenvalue weighted by Crippen LogP contribution is 2.21. The normalized spacial score (nSPS) is 14.4. The zero-order chi connectivity index (χ0) is 25.3. The molecule has 0 fully saturated rings. The van der Waals surface area contributed by atoms with Gasteiger partial charge < -0.3 is 18.9 Å². The maximum atomic E-state index is 12.6. The van der Waals surface area contributed by atoms with Gasteiger partial charge in [0.25, 0.3) is 0 Å². The van der Waals surface area contributed by atoms with E-state index in [1.165, 1.54) is 12.2 Å². The Labute approximate surface area is 206 Å². The minimum absolute atomic E-state index is 0.0301. The van der Waals surface area contributed by atoms with Crippen LogP contribution in [0.3, 0.4) is 0 Å². The van der Waals surface area contributed by atoms with Crippen LogP contribution in [0, 0.1) is 0 Å². The molecule has 3 aromatic rings. The number of carbonyl (C=O) groups excluding carboxylic acids is 4. The van der Waals surface area contributed by atoms with E-state index in [9.17, 15) is 19.2 Å². The Balaban J connectivity index is 1.50. The minimum atomic E-state index is -1.10. The van der Waals surface area contributed by atoms with Crippen molar-refractivity contribution >= 4 is 23.9 Å². The number of ether oxygens (including phenoxy) is 4. The molecule has 0 aliphatic carbocycles. The molecule has 180 valence electrons. The van der Waals surface area contributed by atoms with Gasteiger partial charge >= 0.3 is 23.9 Å². The number of carbonyl (C=O) groups is 4. The Morgan fingerprint density at radius 1 is 0.722 bits per heavy atom. The molecule has 1 heterocycles. The SMILES string of the molecule is O=C1O/C(=C\[C@@H](COC(=O)c2ccccc2)OC(=O)c2ccccc2)C=C1OC(=O)c1ccccc1. The van der Waals surface area contributed by atoms with Crippen molar-refractivity contribution in [1.82, 2.24) is 0 Å². The molecule has 0 saturated carbocycles. The van der Waals surface area contributed by atoms with Crippen LogP contribution in [-0.2, 0) is 23.7 Å². The highest BCUT2D eigenvalue weighted by Gasteiger charge is 2.28. The van der Waals surface area contributed by atoms with Crippen molar-refractivity contribution in [3.05, 3.63) is 131 Å². The van der Waals surface area contributed by atoms with Crippen LogP contribution < -0.4 is 0 Å². The quantitative estimate of drug-likeness (QED) is 0.345. The fourth-order valence-corrected chi connectivity index (χ4v) is 3.16. The maximum absolute atomic E-state index is 12.6. The summed E-state index contributed by atoms with van der Waals surface area (Å²) >= 11 is 0. The molecule has 0 saturated heterocycles. The standard InChI is InChI=1S/C28H20O8/c29-25(19-10-4-1-5-11-19)33-18-23(35-26(30)20-12-6-2-7-13-20)16-22-17-24(28(32)34-22)36-27(31)21-14-8-3-9-15-21/h1-17,23H,18H2/b22-16-/t23-/m0/s1. The van der Waals surface area contributed by atoms with Crippen LogP contribution in [0.4, 0.5) is 0 Å². The summed E-state index contributed by atoms with van der Waals surface area (Å²) in [6, 6.07) is 24.7. The lowest BCUT2D eigenvalue weighted by Gasteiger charge is -2.15. The molecule has 0 radical (unpaired) electrons. The van der Waals surface area contributed by atoms with Gasteiger partial charge in [-0.25, -0.2) is 19.2 Å². The van der Waals surface area contributed by atoms with Crippen molar-refractivity contribution in [3.8, 4) is 0 Å². The second-order valence-electron chi connectivity index (χ2n) is 7.50. The van der Waals surface area contributed by atoms with Gasteiger partial charge in [-0.1, -0.05) is 54.6 Å². The molecule has 0 amide bonds. The molecule has 0 aromatic heterocycles. The zero-order valence-corrected chi connectivity index (χ0v) is 18.9. The fourth-order valence-electron chi connectivity index (χ4n) is 3.16. The summed E-state index contributed by atoms with van der Waals surface area (Å²) in [7, 11) is 0. The summed E-state index contributed by atoms with van der Waals surface area (Å²) < 4.78 is 21.1. The van der Waals surface area contributed by atoms with E-state index in [2.05, 4.69) is 0 Å². The van der Waals surface area contributed by atoms with Crippen molar-refractivity contribution in [1.29, 1.82) is 0 Å². The first-order chi connectivity index (χ1) is 17.5. The van der Waals surface area contributed by atoms with Gasteiger partial charge in [0.05, 0.1) is 16.7 Å². The van der Waals surface area contributed by atoms with Gasteiger partial charge in [0.15, 0.2) is 6.10 Å². The molecule has 1 atom stereocenters. The zero-order valence-electron chi connectivity index (χ0n) is 18.9. The fraction of sp³-hybridized carbons (Fsp3) is 0.0714. The first-order valence-electron chi connectivity index (χ1n) is 10.9.